The van der Waals surface area contributed by atoms with Gasteiger partial charge in [0.25, 0.3) is 5.91 Å². The predicted molar refractivity (Wildman–Crippen MR) is 108 cm³/mol. The van der Waals surface area contributed by atoms with Crippen molar-refractivity contribution < 1.29 is 9.59 Å². The summed E-state index contributed by atoms with van der Waals surface area (Å²) in [5.41, 5.74) is 3.11. The summed E-state index contributed by atoms with van der Waals surface area (Å²) in [7, 11) is 1.77. The van der Waals surface area contributed by atoms with Crippen molar-refractivity contribution in [2.45, 2.75) is 32.7 Å². The third kappa shape index (κ3) is 4.13. The molecule has 0 saturated carbocycles. The molecule has 0 unspecified atom stereocenters. The minimum Gasteiger partial charge on any atom is -0.339 e. The third-order valence-corrected chi connectivity index (χ3v) is 5.31. The van der Waals surface area contributed by atoms with Crippen molar-refractivity contribution in [1.82, 2.24) is 9.80 Å². The van der Waals surface area contributed by atoms with Gasteiger partial charge < -0.3 is 15.1 Å². The molecule has 2 aromatic rings. The summed E-state index contributed by atoms with van der Waals surface area (Å²) in [5.74, 6) is -0.00902. The van der Waals surface area contributed by atoms with E-state index in [0.29, 0.717) is 11.3 Å². The zero-order chi connectivity index (χ0) is 19.4. The molecule has 0 aliphatic carbocycles. The van der Waals surface area contributed by atoms with Crippen LogP contribution in [0.1, 0.15) is 47.3 Å². The van der Waals surface area contributed by atoms with E-state index in [1.54, 1.807) is 18.0 Å². The highest BCUT2D eigenvalue weighted by atomic mass is 16.2. The average Bonchev–Trinajstić information content (AvgIpc) is 3.23. The summed E-state index contributed by atoms with van der Waals surface area (Å²) in [4.78, 5) is 29.3. The predicted octanol–water partition coefficient (Wildman–Crippen LogP) is 4.46. The summed E-state index contributed by atoms with van der Waals surface area (Å²) < 4.78 is 0. The molecule has 142 valence electrons. The van der Waals surface area contributed by atoms with Crippen LogP contribution in [0.15, 0.2) is 48.5 Å². The average molecular weight is 365 g/mol. The number of para-hydroxylation sites is 1. The topological polar surface area (TPSA) is 52.7 Å². The van der Waals surface area contributed by atoms with Crippen molar-refractivity contribution in [2.24, 2.45) is 0 Å². The Bertz CT molecular complexity index is 814. The maximum absolute atomic E-state index is 12.9. The van der Waals surface area contributed by atoms with Crippen molar-refractivity contribution in [3.05, 3.63) is 65.2 Å². The van der Waals surface area contributed by atoms with E-state index in [4.69, 9.17) is 0 Å². The fourth-order valence-corrected chi connectivity index (χ4v) is 3.43. The fraction of sp³-hybridized carbons (Fsp3) is 0.364. The minimum atomic E-state index is -0.226. The van der Waals surface area contributed by atoms with E-state index >= 15 is 0 Å². The Morgan fingerprint density at radius 3 is 2.37 bits per heavy atom. The smallest absolute Gasteiger partial charge is 0.322 e. The number of urea groups is 1. The SMILES string of the molecule is Cc1cccc(C(=O)N2CCCC2)c1NC(=O)N(C)[C@H](C)c1ccccc1. The van der Waals surface area contributed by atoms with Gasteiger partial charge in [0.05, 0.1) is 17.3 Å². The number of benzene rings is 2. The summed E-state index contributed by atoms with van der Waals surface area (Å²) in [6, 6.07) is 15.2. The van der Waals surface area contributed by atoms with E-state index in [-0.39, 0.29) is 18.0 Å². The van der Waals surface area contributed by atoms with E-state index in [2.05, 4.69) is 5.32 Å². The van der Waals surface area contributed by atoms with E-state index in [1.165, 1.54) is 0 Å². The second-order valence-corrected chi connectivity index (χ2v) is 7.12. The highest BCUT2D eigenvalue weighted by Gasteiger charge is 2.25. The summed E-state index contributed by atoms with van der Waals surface area (Å²) in [6.07, 6.45) is 2.08. The van der Waals surface area contributed by atoms with Crippen molar-refractivity contribution in [3.63, 3.8) is 0 Å². The quantitative estimate of drug-likeness (QED) is 0.870. The lowest BCUT2D eigenvalue weighted by molar-refractivity contribution is 0.0793. The third-order valence-electron chi connectivity index (χ3n) is 5.31. The number of rotatable bonds is 4. The minimum absolute atomic E-state index is 0.00902. The van der Waals surface area contributed by atoms with Gasteiger partial charge in [0.2, 0.25) is 0 Å². The molecular formula is C22H27N3O2. The maximum atomic E-state index is 12.9. The first-order valence-corrected chi connectivity index (χ1v) is 9.46. The van der Waals surface area contributed by atoms with Crippen LogP contribution < -0.4 is 5.32 Å². The standard InChI is InChI=1S/C22H27N3O2/c1-16-10-9-13-19(21(26)25-14-7-8-15-25)20(16)23-22(27)24(3)17(2)18-11-5-4-6-12-18/h4-6,9-13,17H,7-8,14-15H2,1-3H3,(H,23,27)/t17-/m1/s1. The number of anilines is 1. The summed E-state index contributed by atoms with van der Waals surface area (Å²) in [6.45, 7) is 5.47. The molecule has 3 amide bonds. The highest BCUT2D eigenvalue weighted by molar-refractivity contribution is 6.04. The summed E-state index contributed by atoms with van der Waals surface area (Å²) >= 11 is 0. The van der Waals surface area contributed by atoms with Crippen molar-refractivity contribution in [2.75, 3.05) is 25.5 Å². The molecule has 3 rings (SSSR count). The van der Waals surface area contributed by atoms with Gasteiger partial charge in [-0.15, -0.1) is 0 Å². The zero-order valence-electron chi connectivity index (χ0n) is 16.2. The lowest BCUT2D eigenvalue weighted by atomic mass is 10.1. The monoisotopic (exact) mass is 365 g/mol. The molecule has 1 fully saturated rings. The zero-order valence-corrected chi connectivity index (χ0v) is 16.2. The molecule has 1 aliphatic rings. The Labute approximate surface area is 161 Å². The van der Waals surface area contributed by atoms with Gasteiger partial charge in [-0.1, -0.05) is 42.5 Å². The van der Waals surface area contributed by atoms with Crippen LogP contribution in [0.2, 0.25) is 0 Å². The maximum Gasteiger partial charge on any atom is 0.322 e. The van der Waals surface area contributed by atoms with Crippen molar-refractivity contribution >= 4 is 17.6 Å². The Balaban J connectivity index is 1.80. The van der Waals surface area contributed by atoms with E-state index in [1.807, 2.05) is 61.2 Å². The van der Waals surface area contributed by atoms with Gasteiger partial charge in [-0.3, -0.25) is 4.79 Å². The van der Waals surface area contributed by atoms with Crippen LogP contribution in [0.5, 0.6) is 0 Å². The highest BCUT2D eigenvalue weighted by Crippen LogP contribution is 2.26. The Hall–Kier alpha value is -2.82. The Morgan fingerprint density at radius 1 is 1.04 bits per heavy atom. The molecule has 2 aromatic carbocycles. The number of aryl methyl sites for hydroxylation is 1. The molecule has 0 spiro atoms. The molecule has 0 aromatic heterocycles. The molecule has 1 N–H and O–H groups in total. The molecule has 0 radical (unpaired) electrons. The first-order chi connectivity index (χ1) is 13.0. The molecule has 1 heterocycles. The summed E-state index contributed by atoms with van der Waals surface area (Å²) in [5, 5.41) is 2.97. The van der Waals surface area contributed by atoms with Crippen LogP contribution in [0, 0.1) is 6.92 Å². The number of amides is 3. The van der Waals surface area contributed by atoms with E-state index in [0.717, 1.165) is 37.1 Å². The van der Waals surface area contributed by atoms with Crippen LogP contribution in [-0.4, -0.2) is 41.9 Å². The van der Waals surface area contributed by atoms with Crippen molar-refractivity contribution in [1.29, 1.82) is 0 Å². The van der Waals surface area contributed by atoms with Gasteiger partial charge in [-0.25, -0.2) is 4.79 Å². The normalized spacial score (nSPS) is 14.7. The lowest BCUT2D eigenvalue weighted by Gasteiger charge is -2.27. The van der Waals surface area contributed by atoms with Crippen molar-refractivity contribution in [3.8, 4) is 0 Å². The van der Waals surface area contributed by atoms with Gasteiger partial charge in [-0.2, -0.15) is 0 Å². The molecule has 5 heteroatoms. The molecular weight excluding hydrogens is 338 g/mol. The molecule has 1 atom stereocenters. The van der Waals surface area contributed by atoms with Crippen LogP contribution >= 0.6 is 0 Å². The Morgan fingerprint density at radius 2 is 1.70 bits per heavy atom. The number of carbonyl (C=O) groups excluding carboxylic acids is 2. The first kappa shape index (κ1) is 19.0. The molecule has 1 saturated heterocycles. The Kier molecular flexibility index (Phi) is 5.79. The lowest BCUT2D eigenvalue weighted by Crippen LogP contribution is -2.35. The van der Waals surface area contributed by atoms with E-state index < -0.39 is 0 Å². The molecule has 0 bridgehead atoms. The number of carbonyl (C=O) groups is 2. The number of nitrogens with one attached hydrogen (secondary N) is 1. The van der Waals surface area contributed by atoms with E-state index in [9.17, 15) is 9.59 Å². The van der Waals surface area contributed by atoms with Gasteiger partial charge in [0.15, 0.2) is 0 Å². The van der Waals surface area contributed by atoms with Crippen LogP contribution in [0.4, 0.5) is 10.5 Å². The molecule has 5 nitrogen and oxygen atoms in total. The second kappa shape index (κ2) is 8.25. The first-order valence-electron chi connectivity index (χ1n) is 9.46. The fourth-order valence-electron chi connectivity index (χ4n) is 3.43. The number of likely N-dealkylation sites (tertiary alicyclic amines) is 1. The number of nitrogens with zero attached hydrogens (tertiary/aromatic N) is 2. The van der Waals surface area contributed by atoms with Gasteiger partial charge in [0.1, 0.15) is 0 Å². The second-order valence-electron chi connectivity index (χ2n) is 7.12. The van der Waals surface area contributed by atoms with Crippen LogP contribution in [0.25, 0.3) is 0 Å². The van der Waals surface area contributed by atoms with Crippen LogP contribution in [0.3, 0.4) is 0 Å². The van der Waals surface area contributed by atoms with Gasteiger partial charge >= 0.3 is 6.03 Å². The number of hydrogen-bond donors (Lipinski definition) is 1. The largest absolute Gasteiger partial charge is 0.339 e. The van der Waals surface area contributed by atoms with Gasteiger partial charge in [0, 0.05) is 20.1 Å². The molecule has 27 heavy (non-hydrogen) atoms. The number of hydrogen-bond acceptors (Lipinski definition) is 2. The van der Waals surface area contributed by atoms with Gasteiger partial charge in [-0.05, 0) is 43.9 Å². The molecule has 1 aliphatic heterocycles. The van der Waals surface area contributed by atoms with Crippen LogP contribution in [-0.2, 0) is 0 Å².